The fourth-order valence-electron chi connectivity index (χ4n) is 1.82. The SMILES string of the molecule is COc1ccc(OC)c(C(=O)c2cccc(Br)c2Cl)c1. The van der Waals surface area contributed by atoms with Crippen molar-refractivity contribution in [3.8, 4) is 11.5 Å². The molecule has 0 radical (unpaired) electrons. The molecule has 104 valence electrons. The molecule has 0 aromatic heterocycles. The molecule has 0 aliphatic rings. The van der Waals surface area contributed by atoms with Crippen LogP contribution in [0.5, 0.6) is 11.5 Å². The maximum atomic E-state index is 12.6. The van der Waals surface area contributed by atoms with Gasteiger partial charge in [0.2, 0.25) is 0 Å². The van der Waals surface area contributed by atoms with Crippen molar-refractivity contribution in [3.63, 3.8) is 0 Å². The molecule has 2 aromatic rings. The third kappa shape index (κ3) is 2.81. The molecule has 0 spiro atoms. The summed E-state index contributed by atoms with van der Waals surface area (Å²) >= 11 is 9.48. The van der Waals surface area contributed by atoms with E-state index in [2.05, 4.69) is 15.9 Å². The molecule has 0 N–H and O–H groups in total. The predicted octanol–water partition coefficient (Wildman–Crippen LogP) is 4.35. The van der Waals surface area contributed by atoms with Gasteiger partial charge in [-0.05, 0) is 46.3 Å². The molecule has 3 nitrogen and oxygen atoms in total. The van der Waals surface area contributed by atoms with Crippen molar-refractivity contribution < 1.29 is 14.3 Å². The Morgan fingerprint density at radius 3 is 2.50 bits per heavy atom. The third-order valence-electron chi connectivity index (χ3n) is 2.85. The first-order valence-corrected chi connectivity index (χ1v) is 6.96. The second-order valence-corrected chi connectivity index (χ2v) is 5.23. The average Bonchev–Trinajstić information content (AvgIpc) is 2.48. The lowest BCUT2D eigenvalue weighted by Crippen LogP contribution is -2.05. The summed E-state index contributed by atoms with van der Waals surface area (Å²) in [6.45, 7) is 0. The molecule has 0 heterocycles. The molecule has 0 atom stereocenters. The molecule has 0 aliphatic carbocycles. The lowest BCUT2D eigenvalue weighted by Gasteiger charge is -2.11. The first-order valence-electron chi connectivity index (χ1n) is 5.79. The van der Waals surface area contributed by atoms with Crippen LogP contribution in [0.25, 0.3) is 0 Å². The quantitative estimate of drug-likeness (QED) is 0.765. The molecule has 0 unspecified atom stereocenters. The largest absolute Gasteiger partial charge is 0.497 e. The maximum Gasteiger partial charge on any atom is 0.198 e. The summed E-state index contributed by atoms with van der Waals surface area (Å²) in [5.41, 5.74) is 0.819. The van der Waals surface area contributed by atoms with E-state index in [0.29, 0.717) is 32.1 Å². The molecule has 0 amide bonds. The predicted molar refractivity (Wildman–Crippen MR) is 82.1 cm³/mol. The van der Waals surface area contributed by atoms with Gasteiger partial charge in [-0.25, -0.2) is 0 Å². The van der Waals surface area contributed by atoms with Crippen molar-refractivity contribution in [1.29, 1.82) is 0 Å². The van der Waals surface area contributed by atoms with E-state index >= 15 is 0 Å². The average molecular weight is 356 g/mol. The van der Waals surface area contributed by atoms with Crippen molar-refractivity contribution in [1.82, 2.24) is 0 Å². The molecule has 2 aromatic carbocycles. The highest BCUT2D eigenvalue weighted by Crippen LogP contribution is 2.31. The zero-order valence-electron chi connectivity index (χ0n) is 10.9. The Kier molecular flexibility index (Phi) is 4.68. The fraction of sp³-hybridized carbons (Fsp3) is 0.133. The Hall–Kier alpha value is -1.52. The molecule has 0 saturated heterocycles. The van der Waals surface area contributed by atoms with Gasteiger partial charge in [0.1, 0.15) is 11.5 Å². The number of benzene rings is 2. The van der Waals surface area contributed by atoms with Gasteiger partial charge in [0, 0.05) is 10.0 Å². The Morgan fingerprint density at radius 1 is 1.10 bits per heavy atom. The third-order valence-corrected chi connectivity index (χ3v) is 4.14. The van der Waals surface area contributed by atoms with Crippen LogP contribution in [0.2, 0.25) is 5.02 Å². The van der Waals surface area contributed by atoms with Crippen molar-refractivity contribution in [2.24, 2.45) is 0 Å². The Balaban J connectivity index is 2.55. The van der Waals surface area contributed by atoms with Gasteiger partial charge in [-0.1, -0.05) is 17.7 Å². The molecule has 0 saturated carbocycles. The number of carbonyl (C=O) groups is 1. The summed E-state index contributed by atoms with van der Waals surface area (Å²) in [6.07, 6.45) is 0. The van der Waals surface area contributed by atoms with E-state index in [1.54, 1.807) is 43.5 Å². The highest BCUT2D eigenvalue weighted by molar-refractivity contribution is 9.10. The number of hydrogen-bond acceptors (Lipinski definition) is 3. The van der Waals surface area contributed by atoms with Crippen LogP contribution < -0.4 is 9.47 Å². The van der Waals surface area contributed by atoms with E-state index in [4.69, 9.17) is 21.1 Å². The van der Waals surface area contributed by atoms with Gasteiger partial charge < -0.3 is 9.47 Å². The second kappa shape index (κ2) is 6.29. The number of halogens is 2. The Morgan fingerprint density at radius 2 is 1.85 bits per heavy atom. The molecule has 2 rings (SSSR count). The molecule has 20 heavy (non-hydrogen) atoms. The van der Waals surface area contributed by atoms with Crippen molar-refractivity contribution in [2.45, 2.75) is 0 Å². The number of rotatable bonds is 4. The first-order chi connectivity index (χ1) is 9.58. The van der Waals surface area contributed by atoms with Crippen molar-refractivity contribution >= 4 is 33.3 Å². The minimum absolute atomic E-state index is 0.216. The monoisotopic (exact) mass is 354 g/mol. The molecule has 0 bridgehead atoms. The Bertz CT molecular complexity index is 656. The highest BCUT2D eigenvalue weighted by atomic mass is 79.9. The molecule has 0 aliphatic heterocycles. The number of methoxy groups -OCH3 is 2. The second-order valence-electron chi connectivity index (χ2n) is 4.00. The van der Waals surface area contributed by atoms with Gasteiger partial charge in [0.05, 0.1) is 24.8 Å². The van der Waals surface area contributed by atoms with E-state index in [1.165, 1.54) is 7.11 Å². The zero-order chi connectivity index (χ0) is 14.7. The fourth-order valence-corrected chi connectivity index (χ4v) is 2.39. The van der Waals surface area contributed by atoms with E-state index in [0.717, 1.165) is 0 Å². The lowest BCUT2D eigenvalue weighted by molar-refractivity contribution is 0.103. The number of ketones is 1. The van der Waals surface area contributed by atoms with Crippen LogP contribution in [0.1, 0.15) is 15.9 Å². The van der Waals surface area contributed by atoms with Crippen molar-refractivity contribution in [3.05, 3.63) is 57.0 Å². The van der Waals surface area contributed by atoms with Crippen LogP contribution in [0.15, 0.2) is 40.9 Å². The smallest absolute Gasteiger partial charge is 0.198 e. The van der Waals surface area contributed by atoms with Gasteiger partial charge in [-0.15, -0.1) is 0 Å². The molecule has 0 fully saturated rings. The summed E-state index contributed by atoms with van der Waals surface area (Å²) < 4.78 is 11.0. The standard InChI is InChI=1S/C15H12BrClO3/c1-19-9-6-7-13(20-2)11(8-9)15(18)10-4-3-5-12(16)14(10)17/h3-8H,1-2H3. The summed E-state index contributed by atoms with van der Waals surface area (Å²) in [7, 11) is 3.06. The first kappa shape index (κ1) is 14.9. The maximum absolute atomic E-state index is 12.6. The number of ether oxygens (including phenoxy) is 2. The van der Waals surface area contributed by atoms with E-state index in [9.17, 15) is 4.79 Å². The van der Waals surface area contributed by atoms with E-state index < -0.39 is 0 Å². The van der Waals surface area contributed by atoms with Gasteiger partial charge in [-0.3, -0.25) is 4.79 Å². The Labute approximate surface area is 130 Å². The summed E-state index contributed by atoms with van der Waals surface area (Å²) in [5, 5.41) is 0.377. The normalized spacial score (nSPS) is 10.2. The summed E-state index contributed by atoms with van der Waals surface area (Å²) in [6, 6.07) is 10.3. The molecular weight excluding hydrogens is 344 g/mol. The van der Waals surface area contributed by atoms with Crippen LogP contribution >= 0.6 is 27.5 Å². The zero-order valence-corrected chi connectivity index (χ0v) is 13.3. The topological polar surface area (TPSA) is 35.5 Å². The highest BCUT2D eigenvalue weighted by Gasteiger charge is 2.19. The van der Waals surface area contributed by atoms with Gasteiger partial charge >= 0.3 is 0 Å². The summed E-state index contributed by atoms with van der Waals surface area (Å²) in [5.74, 6) is 0.846. The van der Waals surface area contributed by atoms with Crippen LogP contribution in [-0.2, 0) is 0 Å². The number of hydrogen-bond donors (Lipinski definition) is 0. The minimum Gasteiger partial charge on any atom is -0.497 e. The van der Waals surface area contributed by atoms with Gasteiger partial charge in [-0.2, -0.15) is 0 Å². The van der Waals surface area contributed by atoms with Crippen molar-refractivity contribution in [2.75, 3.05) is 14.2 Å². The van der Waals surface area contributed by atoms with Gasteiger partial charge in [0.15, 0.2) is 5.78 Å². The lowest BCUT2D eigenvalue weighted by atomic mass is 10.0. The van der Waals surface area contributed by atoms with E-state index in [1.807, 2.05) is 0 Å². The van der Waals surface area contributed by atoms with E-state index in [-0.39, 0.29) is 5.78 Å². The van der Waals surface area contributed by atoms with Crippen LogP contribution in [0.3, 0.4) is 0 Å². The molecular formula is C15H12BrClO3. The molecule has 5 heteroatoms. The minimum atomic E-state index is -0.216. The van der Waals surface area contributed by atoms with Crippen LogP contribution in [0, 0.1) is 0 Å². The number of carbonyl (C=O) groups excluding carboxylic acids is 1. The van der Waals surface area contributed by atoms with Crippen LogP contribution in [0.4, 0.5) is 0 Å². The summed E-state index contributed by atoms with van der Waals surface area (Å²) in [4.78, 5) is 12.6. The van der Waals surface area contributed by atoms with Gasteiger partial charge in [0.25, 0.3) is 0 Å². The van der Waals surface area contributed by atoms with Crippen LogP contribution in [-0.4, -0.2) is 20.0 Å².